The molecule has 0 unspecified atom stereocenters. The van der Waals surface area contributed by atoms with E-state index in [9.17, 15) is 0 Å². The van der Waals surface area contributed by atoms with Crippen molar-refractivity contribution < 1.29 is 14.8 Å². The lowest BCUT2D eigenvalue weighted by Crippen LogP contribution is -2.36. The summed E-state index contributed by atoms with van der Waals surface area (Å²) in [6, 6.07) is 0. The molecule has 0 aromatic carbocycles. The summed E-state index contributed by atoms with van der Waals surface area (Å²) in [4.78, 5) is 3.12. The summed E-state index contributed by atoms with van der Waals surface area (Å²) in [7, 11) is 0. The smallest absolute Gasteiger partial charge is 0.254 e. The van der Waals surface area contributed by atoms with Gasteiger partial charge in [-0.25, -0.2) is 9.55 Å². The second kappa shape index (κ2) is 5.72. The molecule has 1 rings (SSSR count). The van der Waals surface area contributed by atoms with E-state index in [0.717, 1.165) is 31.6 Å². The third-order valence-electron chi connectivity index (χ3n) is 1.98. The third kappa shape index (κ3) is 3.16. The quantitative estimate of drug-likeness (QED) is 0.529. The zero-order valence-electron chi connectivity index (χ0n) is 7.74. The Bertz CT molecular complexity index is 213. The molecule has 0 bridgehead atoms. The molecule has 0 saturated carbocycles. The molecule has 0 atom stereocenters. The van der Waals surface area contributed by atoms with Gasteiger partial charge in [-0.3, -0.25) is 0 Å². The zero-order chi connectivity index (χ0) is 9.52. The molecule has 1 aromatic heterocycles. The minimum Gasteiger partial charge on any atom is -0.396 e. The first-order valence-corrected chi connectivity index (χ1v) is 4.66. The summed E-state index contributed by atoms with van der Waals surface area (Å²) >= 11 is 0. The number of rotatable bonds is 6. The van der Waals surface area contributed by atoms with Crippen LogP contribution in [0.5, 0.6) is 0 Å². The van der Waals surface area contributed by atoms with E-state index in [-0.39, 0.29) is 13.2 Å². The number of aryl methyl sites for hydroxylation is 2. The molecule has 13 heavy (non-hydrogen) atoms. The van der Waals surface area contributed by atoms with Crippen LogP contribution < -0.4 is 4.57 Å². The molecule has 0 amide bonds. The van der Waals surface area contributed by atoms with Gasteiger partial charge in [0.2, 0.25) is 0 Å². The van der Waals surface area contributed by atoms with Crippen molar-refractivity contribution in [2.24, 2.45) is 0 Å². The average Bonchev–Trinajstić information content (AvgIpc) is 2.59. The summed E-state index contributed by atoms with van der Waals surface area (Å²) < 4.78 is 2.08. The van der Waals surface area contributed by atoms with E-state index < -0.39 is 0 Å². The number of nitrogens with one attached hydrogen (secondary N) is 1. The monoisotopic (exact) mass is 185 g/mol. The molecular weight excluding hydrogens is 168 g/mol. The van der Waals surface area contributed by atoms with Gasteiger partial charge >= 0.3 is 0 Å². The molecule has 0 fully saturated rings. The highest BCUT2D eigenvalue weighted by Crippen LogP contribution is 1.93. The molecule has 1 aromatic rings. The van der Waals surface area contributed by atoms with Crippen LogP contribution in [0.1, 0.15) is 18.7 Å². The van der Waals surface area contributed by atoms with Crippen LogP contribution >= 0.6 is 0 Å². The summed E-state index contributed by atoms with van der Waals surface area (Å²) in [5.74, 6) is 1.11. The SMILES string of the molecule is OCCCc1[nH]cc[n+]1CCCO. The van der Waals surface area contributed by atoms with Gasteiger partial charge in [-0.05, 0) is 6.42 Å². The summed E-state index contributed by atoms with van der Waals surface area (Å²) in [6.07, 6.45) is 6.25. The van der Waals surface area contributed by atoms with Crippen LogP contribution in [0.25, 0.3) is 0 Å². The largest absolute Gasteiger partial charge is 0.396 e. The van der Waals surface area contributed by atoms with Crippen LogP contribution in [0.4, 0.5) is 0 Å². The van der Waals surface area contributed by atoms with Gasteiger partial charge in [-0.15, -0.1) is 0 Å². The van der Waals surface area contributed by atoms with Crippen LogP contribution in [0.3, 0.4) is 0 Å². The first-order chi connectivity index (χ1) is 6.38. The topological polar surface area (TPSA) is 60.1 Å². The minimum atomic E-state index is 0.220. The van der Waals surface area contributed by atoms with Crippen LogP contribution in [-0.4, -0.2) is 28.4 Å². The van der Waals surface area contributed by atoms with Crippen molar-refractivity contribution in [1.82, 2.24) is 4.98 Å². The van der Waals surface area contributed by atoms with Gasteiger partial charge in [0.05, 0.1) is 13.0 Å². The maximum absolute atomic E-state index is 8.67. The molecular formula is C9H17N2O2+. The van der Waals surface area contributed by atoms with Gasteiger partial charge in [-0.2, -0.15) is 0 Å². The van der Waals surface area contributed by atoms with Crippen LogP contribution in [0, 0.1) is 0 Å². The predicted octanol–water partition coefficient (Wildman–Crippen LogP) is -0.391. The number of imidazole rings is 1. The molecule has 0 radical (unpaired) electrons. The first kappa shape index (κ1) is 10.2. The van der Waals surface area contributed by atoms with Gasteiger partial charge in [-0.1, -0.05) is 0 Å². The Morgan fingerprint density at radius 3 is 2.69 bits per heavy atom. The summed E-state index contributed by atoms with van der Waals surface area (Å²) in [5.41, 5.74) is 0. The highest BCUT2D eigenvalue weighted by Gasteiger charge is 2.08. The standard InChI is InChI=1S/C9H16N2O2/c12-7-1-3-9-10-4-6-11(9)5-2-8-13/h4,6,12-13H,1-3,5,7-8H2/p+1. The number of nitrogens with zero attached hydrogens (tertiary/aromatic N) is 1. The Morgan fingerprint density at radius 2 is 2.00 bits per heavy atom. The number of aromatic amines is 1. The fraction of sp³-hybridized carbons (Fsp3) is 0.667. The number of aliphatic hydroxyl groups is 2. The Labute approximate surface area is 77.8 Å². The second-order valence-corrected chi connectivity index (χ2v) is 3.00. The maximum atomic E-state index is 8.67. The molecule has 74 valence electrons. The summed E-state index contributed by atoms with van der Waals surface area (Å²) in [5, 5.41) is 17.3. The number of aromatic nitrogens is 2. The molecule has 4 nitrogen and oxygen atoms in total. The number of aliphatic hydroxyl groups excluding tert-OH is 2. The molecule has 0 aliphatic carbocycles. The fourth-order valence-electron chi connectivity index (χ4n) is 1.31. The lowest BCUT2D eigenvalue weighted by molar-refractivity contribution is -0.703. The lowest BCUT2D eigenvalue weighted by Gasteiger charge is -1.98. The van der Waals surface area contributed by atoms with Crippen molar-refractivity contribution in [3.05, 3.63) is 18.2 Å². The van der Waals surface area contributed by atoms with E-state index in [4.69, 9.17) is 10.2 Å². The van der Waals surface area contributed by atoms with Crippen molar-refractivity contribution in [2.75, 3.05) is 13.2 Å². The van der Waals surface area contributed by atoms with Crippen molar-refractivity contribution in [1.29, 1.82) is 0 Å². The molecule has 0 aliphatic heterocycles. The Morgan fingerprint density at radius 1 is 1.23 bits per heavy atom. The van der Waals surface area contributed by atoms with E-state index in [0.29, 0.717) is 0 Å². The van der Waals surface area contributed by atoms with Crippen LogP contribution in [0.15, 0.2) is 12.4 Å². The van der Waals surface area contributed by atoms with Crippen molar-refractivity contribution in [3.63, 3.8) is 0 Å². The van der Waals surface area contributed by atoms with Gasteiger partial charge < -0.3 is 10.2 Å². The molecule has 0 saturated heterocycles. The maximum Gasteiger partial charge on any atom is 0.254 e. The third-order valence-corrected chi connectivity index (χ3v) is 1.98. The van der Waals surface area contributed by atoms with Gasteiger partial charge in [0.25, 0.3) is 5.82 Å². The average molecular weight is 185 g/mol. The molecule has 0 spiro atoms. The molecule has 1 heterocycles. The molecule has 0 aliphatic rings. The van der Waals surface area contributed by atoms with E-state index in [1.54, 1.807) is 0 Å². The lowest BCUT2D eigenvalue weighted by atomic mass is 10.3. The Hall–Kier alpha value is -0.870. The number of H-pyrrole nitrogens is 1. The van der Waals surface area contributed by atoms with Gasteiger partial charge in [0.15, 0.2) is 0 Å². The normalized spacial score (nSPS) is 10.6. The van der Waals surface area contributed by atoms with Crippen molar-refractivity contribution >= 4 is 0 Å². The molecule has 4 heteroatoms. The number of hydrogen-bond acceptors (Lipinski definition) is 2. The summed E-state index contributed by atoms with van der Waals surface area (Å²) in [6.45, 7) is 1.28. The number of hydrogen-bond donors (Lipinski definition) is 3. The van der Waals surface area contributed by atoms with Crippen molar-refractivity contribution in [2.45, 2.75) is 25.8 Å². The van der Waals surface area contributed by atoms with Gasteiger partial charge in [0, 0.05) is 19.6 Å². The predicted molar refractivity (Wildman–Crippen MR) is 48.1 cm³/mol. The van der Waals surface area contributed by atoms with E-state index in [1.165, 1.54) is 0 Å². The highest BCUT2D eigenvalue weighted by atomic mass is 16.3. The van der Waals surface area contributed by atoms with Crippen molar-refractivity contribution in [3.8, 4) is 0 Å². The van der Waals surface area contributed by atoms with Crippen LogP contribution in [-0.2, 0) is 13.0 Å². The molecule has 3 N–H and O–H groups in total. The Balaban J connectivity index is 2.45. The van der Waals surface area contributed by atoms with E-state index in [1.807, 2.05) is 12.4 Å². The Kier molecular flexibility index (Phi) is 4.49. The van der Waals surface area contributed by atoms with Gasteiger partial charge in [0.1, 0.15) is 12.4 Å². The fourth-order valence-corrected chi connectivity index (χ4v) is 1.31. The zero-order valence-corrected chi connectivity index (χ0v) is 7.74. The van der Waals surface area contributed by atoms with E-state index >= 15 is 0 Å². The van der Waals surface area contributed by atoms with E-state index in [2.05, 4.69) is 9.55 Å². The second-order valence-electron chi connectivity index (χ2n) is 3.00. The highest BCUT2D eigenvalue weighted by molar-refractivity contribution is 4.77. The minimum absolute atomic E-state index is 0.220. The first-order valence-electron chi connectivity index (χ1n) is 4.66. The van der Waals surface area contributed by atoms with Crippen LogP contribution in [0.2, 0.25) is 0 Å².